The van der Waals surface area contributed by atoms with Gasteiger partial charge in [0.15, 0.2) is 5.78 Å². The molecule has 3 atom stereocenters. The Morgan fingerprint density at radius 2 is 1.94 bits per heavy atom. The minimum absolute atomic E-state index is 0.234. The van der Waals surface area contributed by atoms with Crippen LogP contribution in [0.3, 0.4) is 0 Å². The van der Waals surface area contributed by atoms with Gasteiger partial charge in [0.05, 0.1) is 25.7 Å². The molecule has 33 heavy (non-hydrogen) atoms. The smallest absolute Gasteiger partial charge is 0.336 e. The lowest BCUT2D eigenvalue weighted by molar-refractivity contribution is -0.151. The maximum absolute atomic E-state index is 13.7. The minimum atomic E-state index is -0.926. The SMILES string of the molecule is CCSCCOC(=O)C1=C(C)NC2=C(C(=O)[C@H](C(=O)OC)[C@@H](C)C2)[C@@H]1c1ccccc1OC. The fourth-order valence-electron chi connectivity index (χ4n) is 4.58. The summed E-state index contributed by atoms with van der Waals surface area (Å²) >= 11 is 1.68. The number of Topliss-reactive ketones (excluding diaryl/α,β-unsaturated/α-hetero) is 1. The van der Waals surface area contributed by atoms with Gasteiger partial charge in [0.2, 0.25) is 0 Å². The van der Waals surface area contributed by atoms with Gasteiger partial charge >= 0.3 is 11.9 Å². The van der Waals surface area contributed by atoms with Crippen LogP contribution in [0.1, 0.15) is 38.7 Å². The first-order chi connectivity index (χ1) is 15.8. The standard InChI is InChI=1S/C25H31NO6S/c1-6-33-12-11-32-25(29)20-15(3)26-17-13-14(2)19(24(28)31-5)23(27)22(17)21(20)16-9-7-8-10-18(16)30-4/h7-10,14,19,21,26H,6,11-13H2,1-5H3/t14-,19+,21+/m0/s1. The average Bonchev–Trinajstić information content (AvgIpc) is 2.80. The highest BCUT2D eigenvalue weighted by Crippen LogP contribution is 2.47. The van der Waals surface area contributed by atoms with Crippen molar-refractivity contribution in [2.75, 3.05) is 32.3 Å². The predicted octanol–water partition coefficient (Wildman–Crippen LogP) is 3.60. The monoisotopic (exact) mass is 473 g/mol. The molecule has 0 bridgehead atoms. The molecule has 178 valence electrons. The number of dihydropyridines is 1. The summed E-state index contributed by atoms with van der Waals surface area (Å²) in [5.74, 6) is -1.08. The largest absolute Gasteiger partial charge is 0.496 e. The Morgan fingerprint density at radius 3 is 2.61 bits per heavy atom. The van der Waals surface area contributed by atoms with Crippen LogP contribution in [-0.4, -0.2) is 50.1 Å². The van der Waals surface area contributed by atoms with E-state index in [1.54, 1.807) is 24.9 Å². The Kier molecular flexibility index (Phi) is 8.24. The van der Waals surface area contributed by atoms with Crippen molar-refractivity contribution < 1.29 is 28.6 Å². The van der Waals surface area contributed by atoms with Crippen LogP contribution in [0.2, 0.25) is 0 Å². The molecule has 0 aromatic heterocycles. The highest BCUT2D eigenvalue weighted by atomic mass is 32.2. The minimum Gasteiger partial charge on any atom is -0.496 e. The van der Waals surface area contributed by atoms with Crippen molar-refractivity contribution in [3.8, 4) is 5.75 Å². The van der Waals surface area contributed by atoms with Gasteiger partial charge in [-0.3, -0.25) is 9.59 Å². The number of thioether (sulfide) groups is 1. The van der Waals surface area contributed by atoms with Crippen LogP contribution in [0, 0.1) is 11.8 Å². The molecule has 1 heterocycles. The van der Waals surface area contributed by atoms with Gasteiger partial charge in [-0.1, -0.05) is 32.0 Å². The fraction of sp³-hybridized carbons (Fsp3) is 0.480. The Morgan fingerprint density at radius 1 is 1.21 bits per heavy atom. The Balaban J connectivity index is 2.12. The normalized spacial score (nSPS) is 22.5. The second-order valence-corrected chi connectivity index (χ2v) is 9.50. The van der Waals surface area contributed by atoms with Crippen molar-refractivity contribution in [1.29, 1.82) is 0 Å². The third-order valence-corrected chi connectivity index (χ3v) is 6.94. The molecule has 1 aliphatic heterocycles. The number of nitrogens with one attached hydrogen (secondary N) is 1. The van der Waals surface area contributed by atoms with E-state index in [-0.39, 0.29) is 18.3 Å². The second-order valence-electron chi connectivity index (χ2n) is 8.11. The Bertz CT molecular complexity index is 998. The van der Waals surface area contributed by atoms with Crippen molar-refractivity contribution in [2.24, 2.45) is 11.8 Å². The number of hydrogen-bond donors (Lipinski definition) is 1. The van der Waals surface area contributed by atoms with Crippen LogP contribution in [0.5, 0.6) is 5.75 Å². The second kappa shape index (κ2) is 10.9. The molecule has 0 saturated carbocycles. The summed E-state index contributed by atoms with van der Waals surface area (Å²) in [6.07, 6.45) is 0.485. The molecule has 3 rings (SSSR count). The number of hydrogen-bond acceptors (Lipinski definition) is 8. The van der Waals surface area contributed by atoms with Gasteiger partial charge in [0.1, 0.15) is 18.3 Å². The highest BCUT2D eigenvalue weighted by Gasteiger charge is 2.47. The summed E-state index contributed by atoms with van der Waals surface area (Å²) in [4.78, 5) is 39.5. The van der Waals surface area contributed by atoms with Crippen molar-refractivity contribution >= 4 is 29.5 Å². The van der Waals surface area contributed by atoms with Gasteiger partial charge < -0.3 is 19.5 Å². The molecule has 2 aliphatic rings. The number of ether oxygens (including phenoxy) is 3. The molecule has 0 spiro atoms. The molecule has 0 fully saturated rings. The van der Waals surface area contributed by atoms with Crippen LogP contribution >= 0.6 is 11.8 Å². The van der Waals surface area contributed by atoms with E-state index in [0.29, 0.717) is 40.3 Å². The van der Waals surface area contributed by atoms with Crippen molar-refractivity contribution in [1.82, 2.24) is 5.32 Å². The van der Waals surface area contributed by atoms with E-state index in [9.17, 15) is 14.4 Å². The summed E-state index contributed by atoms with van der Waals surface area (Å²) in [5, 5.41) is 3.27. The molecule has 7 nitrogen and oxygen atoms in total. The zero-order valence-electron chi connectivity index (χ0n) is 19.7. The van der Waals surface area contributed by atoms with E-state index < -0.39 is 23.8 Å². The summed E-state index contributed by atoms with van der Waals surface area (Å²) < 4.78 is 16.1. The van der Waals surface area contributed by atoms with Gasteiger partial charge in [-0.05, 0) is 31.1 Å². The summed E-state index contributed by atoms with van der Waals surface area (Å²) in [5.41, 5.74) is 2.78. The van der Waals surface area contributed by atoms with E-state index in [1.165, 1.54) is 7.11 Å². The summed E-state index contributed by atoms with van der Waals surface area (Å²) in [6, 6.07) is 7.30. The van der Waals surface area contributed by atoms with Crippen LogP contribution < -0.4 is 10.1 Å². The molecule has 0 unspecified atom stereocenters. The van der Waals surface area contributed by atoms with Crippen LogP contribution in [-0.2, 0) is 23.9 Å². The van der Waals surface area contributed by atoms with E-state index in [4.69, 9.17) is 14.2 Å². The first-order valence-corrected chi connectivity index (χ1v) is 12.2. The lowest BCUT2D eigenvalue weighted by Gasteiger charge is -2.38. The van der Waals surface area contributed by atoms with Crippen LogP contribution in [0.15, 0.2) is 46.8 Å². The van der Waals surface area contributed by atoms with Crippen LogP contribution in [0.4, 0.5) is 0 Å². The zero-order chi connectivity index (χ0) is 24.1. The quantitative estimate of drug-likeness (QED) is 0.348. The van der Waals surface area contributed by atoms with E-state index in [0.717, 1.165) is 11.4 Å². The molecule has 8 heteroatoms. The van der Waals surface area contributed by atoms with Gasteiger partial charge in [-0.2, -0.15) is 11.8 Å². The van der Waals surface area contributed by atoms with Crippen molar-refractivity contribution in [3.63, 3.8) is 0 Å². The van der Waals surface area contributed by atoms with E-state index in [1.807, 2.05) is 39.0 Å². The fourth-order valence-corrected chi connectivity index (χ4v) is 5.07. The molecule has 0 saturated heterocycles. The molecule has 1 N–H and O–H groups in total. The van der Waals surface area contributed by atoms with Crippen LogP contribution in [0.25, 0.3) is 0 Å². The number of methoxy groups -OCH3 is 2. The predicted molar refractivity (Wildman–Crippen MR) is 127 cm³/mol. The number of esters is 2. The first-order valence-electron chi connectivity index (χ1n) is 11.1. The summed E-state index contributed by atoms with van der Waals surface area (Å²) in [6.45, 7) is 5.99. The van der Waals surface area contributed by atoms with Gasteiger partial charge in [-0.25, -0.2) is 4.79 Å². The number of allylic oxidation sites excluding steroid dienone is 3. The molecule has 0 radical (unpaired) electrons. The lowest BCUT2D eigenvalue weighted by Crippen LogP contribution is -2.43. The highest BCUT2D eigenvalue weighted by molar-refractivity contribution is 7.99. The van der Waals surface area contributed by atoms with E-state index >= 15 is 0 Å². The number of carbonyl (C=O) groups is 3. The number of rotatable bonds is 8. The first kappa shape index (κ1) is 24.9. The topological polar surface area (TPSA) is 90.9 Å². The molecule has 0 amide bonds. The molecular weight excluding hydrogens is 442 g/mol. The number of benzene rings is 1. The maximum atomic E-state index is 13.7. The Hall–Kier alpha value is -2.74. The molecule has 1 aliphatic carbocycles. The van der Waals surface area contributed by atoms with E-state index in [2.05, 4.69) is 5.32 Å². The lowest BCUT2D eigenvalue weighted by atomic mass is 9.69. The summed E-state index contributed by atoms with van der Waals surface area (Å²) in [7, 11) is 2.83. The number of para-hydroxylation sites is 1. The Labute approximate surface area is 198 Å². The third-order valence-electron chi connectivity index (χ3n) is 6.08. The van der Waals surface area contributed by atoms with Crippen molar-refractivity contribution in [2.45, 2.75) is 33.1 Å². The van der Waals surface area contributed by atoms with Gasteiger partial charge in [0, 0.05) is 28.3 Å². The number of ketones is 1. The number of carbonyl (C=O) groups excluding carboxylic acids is 3. The third kappa shape index (κ3) is 4.95. The van der Waals surface area contributed by atoms with Gasteiger partial charge in [0.25, 0.3) is 0 Å². The molecule has 1 aromatic rings. The average molecular weight is 474 g/mol. The molecular formula is C25H31NO6S. The zero-order valence-corrected chi connectivity index (χ0v) is 20.5. The maximum Gasteiger partial charge on any atom is 0.336 e. The molecule has 1 aromatic carbocycles. The van der Waals surface area contributed by atoms with Crippen molar-refractivity contribution in [3.05, 3.63) is 52.4 Å². The van der Waals surface area contributed by atoms with Gasteiger partial charge in [-0.15, -0.1) is 0 Å².